The number of carbonyl (C=O) groups is 1. The Labute approximate surface area is 180 Å². The smallest absolute Gasteiger partial charge is 0.262 e. The molecular formula is C24H27N3O2S. The zero-order chi connectivity index (χ0) is 21.3. The monoisotopic (exact) mass is 421 g/mol. The van der Waals surface area contributed by atoms with Gasteiger partial charge in [0.2, 0.25) is 5.91 Å². The third-order valence-corrected chi connectivity index (χ3v) is 6.70. The number of hydrogen-bond donors (Lipinski definition) is 1. The summed E-state index contributed by atoms with van der Waals surface area (Å²) < 4.78 is 1.69. The summed E-state index contributed by atoms with van der Waals surface area (Å²) >= 11 is 1.35. The van der Waals surface area contributed by atoms with Crippen molar-refractivity contribution in [3.63, 3.8) is 0 Å². The Morgan fingerprint density at radius 2 is 1.87 bits per heavy atom. The summed E-state index contributed by atoms with van der Waals surface area (Å²) in [7, 11) is 0. The van der Waals surface area contributed by atoms with Crippen molar-refractivity contribution >= 4 is 28.6 Å². The highest BCUT2D eigenvalue weighted by atomic mass is 32.2. The van der Waals surface area contributed by atoms with Gasteiger partial charge in [-0.25, -0.2) is 4.98 Å². The van der Waals surface area contributed by atoms with Crippen LogP contribution in [0.3, 0.4) is 0 Å². The van der Waals surface area contributed by atoms with E-state index in [9.17, 15) is 9.59 Å². The van der Waals surface area contributed by atoms with Gasteiger partial charge in [0.05, 0.1) is 22.2 Å². The van der Waals surface area contributed by atoms with Gasteiger partial charge in [-0.3, -0.25) is 14.2 Å². The minimum absolute atomic E-state index is 0.0283. The second kappa shape index (κ2) is 8.64. The predicted molar refractivity (Wildman–Crippen MR) is 122 cm³/mol. The highest BCUT2D eigenvalue weighted by Gasteiger charge is 2.25. The van der Waals surface area contributed by atoms with Crippen molar-refractivity contribution < 1.29 is 4.79 Å². The molecule has 30 heavy (non-hydrogen) atoms. The summed E-state index contributed by atoms with van der Waals surface area (Å²) in [6, 6.07) is 15.7. The molecule has 1 amide bonds. The fraction of sp³-hybridized carbons (Fsp3) is 0.375. The van der Waals surface area contributed by atoms with Crippen molar-refractivity contribution in [3.05, 3.63) is 70.0 Å². The number of fused-ring (bicyclic) bond motifs is 2. The Morgan fingerprint density at radius 3 is 2.67 bits per heavy atom. The van der Waals surface area contributed by atoms with E-state index in [1.165, 1.54) is 22.9 Å². The first-order chi connectivity index (χ1) is 14.5. The normalized spacial score (nSPS) is 17.0. The fourth-order valence-electron chi connectivity index (χ4n) is 4.07. The summed E-state index contributed by atoms with van der Waals surface area (Å²) in [4.78, 5) is 30.7. The third kappa shape index (κ3) is 4.01. The second-order valence-corrected chi connectivity index (χ2v) is 9.40. The summed E-state index contributed by atoms with van der Waals surface area (Å²) in [5.74, 6) is -0.0283. The molecular weight excluding hydrogens is 394 g/mol. The minimum Gasteiger partial charge on any atom is -0.348 e. The average Bonchev–Trinajstić information content (AvgIpc) is 2.74. The Balaban J connectivity index is 1.58. The van der Waals surface area contributed by atoms with Gasteiger partial charge in [0.25, 0.3) is 5.56 Å². The molecule has 2 aromatic carbocycles. The quantitative estimate of drug-likeness (QED) is 0.481. The van der Waals surface area contributed by atoms with E-state index in [0.29, 0.717) is 16.1 Å². The molecule has 0 fully saturated rings. The highest BCUT2D eigenvalue weighted by molar-refractivity contribution is 8.00. The molecule has 1 aliphatic rings. The molecule has 0 aliphatic heterocycles. The van der Waals surface area contributed by atoms with E-state index in [2.05, 4.69) is 23.5 Å². The maximum Gasteiger partial charge on any atom is 0.262 e. The largest absolute Gasteiger partial charge is 0.348 e. The molecule has 0 bridgehead atoms. The molecule has 1 N–H and O–H groups in total. The van der Waals surface area contributed by atoms with Crippen LogP contribution in [0.25, 0.3) is 10.9 Å². The van der Waals surface area contributed by atoms with Crippen LogP contribution in [-0.4, -0.2) is 20.7 Å². The summed E-state index contributed by atoms with van der Waals surface area (Å²) in [5, 5.41) is 4.04. The third-order valence-electron chi connectivity index (χ3n) is 5.63. The number of aryl methyl sites for hydroxylation is 1. The van der Waals surface area contributed by atoms with Gasteiger partial charge in [0.15, 0.2) is 5.16 Å². The first kappa shape index (κ1) is 20.7. The Hall–Kier alpha value is -2.60. The lowest BCUT2D eigenvalue weighted by Crippen LogP contribution is -2.36. The van der Waals surface area contributed by atoms with Crippen LogP contribution in [0, 0.1) is 0 Å². The highest BCUT2D eigenvalue weighted by Crippen LogP contribution is 2.31. The summed E-state index contributed by atoms with van der Waals surface area (Å²) in [5.41, 5.74) is 3.14. The van der Waals surface area contributed by atoms with E-state index in [0.717, 1.165) is 19.3 Å². The average molecular weight is 422 g/mol. The maximum absolute atomic E-state index is 13.0. The number of nitrogens with one attached hydrogen (secondary N) is 1. The number of benzene rings is 2. The van der Waals surface area contributed by atoms with Crippen molar-refractivity contribution in [2.24, 2.45) is 0 Å². The molecule has 6 heteroatoms. The predicted octanol–water partition coefficient (Wildman–Crippen LogP) is 4.65. The Morgan fingerprint density at radius 1 is 1.13 bits per heavy atom. The number of rotatable bonds is 5. The van der Waals surface area contributed by atoms with E-state index < -0.39 is 0 Å². The van der Waals surface area contributed by atoms with Crippen molar-refractivity contribution in [1.82, 2.24) is 14.9 Å². The van der Waals surface area contributed by atoms with Crippen LogP contribution in [0.4, 0.5) is 0 Å². The lowest BCUT2D eigenvalue weighted by Gasteiger charge is -2.27. The van der Waals surface area contributed by atoms with Crippen LogP contribution in [-0.2, 0) is 11.2 Å². The number of para-hydroxylation sites is 1. The van der Waals surface area contributed by atoms with Crippen molar-refractivity contribution in [1.29, 1.82) is 0 Å². The molecule has 156 valence electrons. The first-order valence-corrected chi connectivity index (χ1v) is 11.4. The zero-order valence-corrected chi connectivity index (χ0v) is 18.4. The van der Waals surface area contributed by atoms with Crippen LogP contribution < -0.4 is 10.9 Å². The van der Waals surface area contributed by atoms with Crippen LogP contribution >= 0.6 is 11.8 Å². The number of amides is 1. The lowest BCUT2D eigenvalue weighted by molar-refractivity contribution is -0.121. The summed E-state index contributed by atoms with van der Waals surface area (Å²) in [6.45, 7) is 5.80. The molecule has 3 aromatic rings. The fourth-order valence-corrected chi connectivity index (χ4v) is 5.12. The molecule has 1 aromatic heterocycles. The Bertz CT molecular complexity index is 1140. The molecule has 4 rings (SSSR count). The van der Waals surface area contributed by atoms with Gasteiger partial charge < -0.3 is 5.32 Å². The van der Waals surface area contributed by atoms with Gasteiger partial charge in [-0.15, -0.1) is 0 Å². The molecule has 0 saturated heterocycles. The number of hydrogen-bond acceptors (Lipinski definition) is 4. The molecule has 1 heterocycles. The van der Waals surface area contributed by atoms with Gasteiger partial charge in [0.1, 0.15) is 0 Å². The first-order valence-electron chi connectivity index (χ1n) is 10.5. The van der Waals surface area contributed by atoms with Gasteiger partial charge in [-0.2, -0.15) is 0 Å². The molecule has 2 atom stereocenters. The molecule has 1 aliphatic carbocycles. The molecule has 0 spiro atoms. The number of nitrogens with zero attached hydrogens (tertiary/aromatic N) is 2. The number of thioether (sulfide) groups is 1. The molecule has 0 radical (unpaired) electrons. The van der Waals surface area contributed by atoms with E-state index in [1.54, 1.807) is 10.6 Å². The van der Waals surface area contributed by atoms with E-state index in [4.69, 9.17) is 4.98 Å². The van der Waals surface area contributed by atoms with E-state index in [1.807, 2.05) is 45.0 Å². The summed E-state index contributed by atoms with van der Waals surface area (Å²) in [6.07, 6.45) is 3.09. The number of carbonyl (C=O) groups excluding carboxylic acids is 1. The minimum atomic E-state index is -0.364. The SMILES string of the molecule is CC(C)n1c(S[C@H](C)C(=O)N[C@H]2CCCc3ccccc32)nc2ccccc2c1=O. The van der Waals surface area contributed by atoms with E-state index >= 15 is 0 Å². The maximum atomic E-state index is 13.0. The standard InChI is InChI=1S/C24H27N3O2S/c1-15(2)27-23(29)19-12-6-7-13-21(19)26-24(27)30-16(3)22(28)25-20-14-8-10-17-9-4-5-11-18(17)20/h4-7,9,11-13,15-16,20H,8,10,14H2,1-3H3,(H,25,28)/t16-,20+/m1/s1. The van der Waals surface area contributed by atoms with E-state index in [-0.39, 0.29) is 28.8 Å². The van der Waals surface area contributed by atoms with Crippen molar-refractivity contribution in [3.8, 4) is 0 Å². The topological polar surface area (TPSA) is 64.0 Å². The van der Waals surface area contributed by atoms with Crippen LogP contribution in [0.15, 0.2) is 58.5 Å². The Kier molecular flexibility index (Phi) is 5.95. The number of aromatic nitrogens is 2. The second-order valence-electron chi connectivity index (χ2n) is 8.09. The van der Waals surface area contributed by atoms with Crippen LogP contribution in [0.1, 0.15) is 56.8 Å². The molecule has 0 saturated carbocycles. The lowest BCUT2D eigenvalue weighted by atomic mass is 9.88. The van der Waals surface area contributed by atoms with Crippen LogP contribution in [0.2, 0.25) is 0 Å². The van der Waals surface area contributed by atoms with Gasteiger partial charge in [-0.1, -0.05) is 48.2 Å². The molecule has 0 unspecified atom stereocenters. The zero-order valence-electron chi connectivity index (χ0n) is 17.6. The van der Waals surface area contributed by atoms with Gasteiger partial charge in [0, 0.05) is 6.04 Å². The van der Waals surface area contributed by atoms with Gasteiger partial charge in [-0.05, 0) is 63.3 Å². The van der Waals surface area contributed by atoms with Crippen molar-refractivity contribution in [2.75, 3.05) is 0 Å². The van der Waals surface area contributed by atoms with Crippen molar-refractivity contribution in [2.45, 2.75) is 62.5 Å². The van der Waals surface area contributed by atoms with Crippen LogP contribution in [0.5, 0.6) is 0 Å². The van der Waals surface area contributed by atoms with Gasteiger partial charge >= 0.3 is 0 Å². The molecule has 5 nitrogen and oxygen atoms in total.